The van der Waals surface area contributed by atoms with Crippen molar-refractivity contribution in [2.24, 2.45) is 7.05 Å². The van der Waals surface area contributed by atoms with Crippen LogP contribution in [-0.2, 0) is 30.0 Å². The van der Waals surface area contributed by atoms with Gasteiger partial charge in [-0.2, -0.15) is 9.40 Å². The molecule has 0 saturated carbocycles. The lowest BCUT2D eigenvalue weighted by atomic mass is 10.2. The molecular weight excluding hydrogens is 378 g/mol. The van der Waals surface area contributed by atoms with Crippen LogP contribution in [0.15, 0.2) is 16.9 Å². The van der Waals surface area contributed by atoms with Crippen LogP contribution < -0.4 is 10.9 Å². The topological polar surface area (TPSA) is 114 Å². The molecule has 0 fully saturated rings. The van der Waals surface area contributed by atoms with Gasteiger partial charge in [0.1, 0.15) is 5.69 Å². The Hall–Kier alpha value is -2.11. The first kappa shape index (κ1) is 18.7. The molecule has 9 nitrogen and oxygen atoms in total. The second-order valence-electron chi connectivity index (χ2n) is 6.20. The first-order chi connectivity index (χ1) is 12.2. The Bertz CT molecular complexity index is 1010. The molecule has 0 saturated heterocycles. The third kappa shape index (κ3) is 3.55. The Balaban J connectivity index is 1.77. The van der Waals surface area contributed by atoms with E-state index in [-0.39, 0.29) is 17.8 Å². The zero-order valence-corrected chi connectivity index (χ0v) is 16.2. The maximum atomic E-state index is 12.3. The van der Waals surface area contributed by atoms with Crippen molar-refractivity contribution in [1.82, 2.24) is 19.1 Å². The number of aryl methyl sites for hydroxylation is 1. The van der Waals surface area contributed by atoms with Gasteiger partial charge in [0.25, 0.3) is 11.5 Å². The molecule has 0 aliphatic carbocycles. The zero-order chi connectivity index (χ0) is 19.1. The molecule has 0 radical (unpaired) electrons. The van der Waals surface area contributed by atoms with E-state index in [1.807, 2.05) is 0 Å². The first-order valence-electron chi connectivity index (χ1n) is 8.01. The van der Waals surface area contributed by atoms with Crippen molar-refractivity contribution in [2.45, 2.75) is 32.1 Å². The highest BCUT2D eigenvalue weighted by molar-refractivity contribution is 7.89. The standard InChI is InChI=1S/C15H19N5O4S2/c1-9(2)26(23,24)20-7-6-10-12(8-20)25-15(16-10)17-14(22)11-4-5-13(21)19(3)18-11/h4-5,9H,6-8H2,1-3H3,(H,16,17,22). The minimum atomic E-state index is -3.33. The predicted octanol–water partition coefficient (Wildman–Crippen LogP) is 0.585. The minimum Gasteiger partial charge on any atom is -0.296 e. The number of carbonyl (C=O) groups excluding carboxylic acids is 1. The average molecular weight is 397 g/mol. The van der Waals surface area contributed by atoms with E-state index in [1.165, 1.54) is 34.8 Å². The quantitative estimate of drug-likeness (QED) is 0.807. The highest BCUT2D eigenvalue weighted by atomic mass is 32.2. The van der Waals surface area contributed by atoms with Gasteiger partial charge in [0.2, 0.25) is 10.0 Å². The van der Waals surface area contributed by atoms with Crippen LogP contribution in [0.5, 0.6) is 0 Å². The monoisotopic (exact) mass is 397 g/mol. The lowest BCUT2D eigenvalue weighted by molar-refractivity contribution is 0.102. The molecule has 3 heterocycles. The summed E-state index contributed by atoms with van der Waals surface area (Å²) in [5.41, 5.74) is 0.593. The van der Waals surface area contributed by atoms with Gasteiger partial charge in [0.15, 0.2) is 5.13 Å². The molecular formula is C15H19N5O4S2. The predicted molar refractivity (Wildman–Crippen MR) is 97.7 cm³/mol. The number of thiazole rings is 1. The van der Waals surface area contributed by atoms with Crippen LogP contribution in [0.25, 0.3) is 0 Å². The van der Waals surface area contributed by atoms with Gasteiger partial charge in [-0.05, 0) is 19.9 Å². The fourth-order valence-corrected chi connectivity index (χ4v) is 4.88. The third-order valence-electron chi connectivity index (χ3n) is 4.07. The fourth-order valence-electron chi connectivity index (χ4n) is 2.53. The highest BCUT2D eigenvalue weighted by Gasteiger charge is 2.31. The highest BCUT2D eigenvalue weighted by Crippen LogP contribution is 2.30. The summed E-state index contributed by atoms with van der Waals surface area (Å²) < 4.78 is 27.2. The number of amides is 1. The smallest absolute Gasteiger partial charge is 0.277 e. The molecule has 3 rings (SSSR count). The normalized spacial score (nSPS) is 15.1. The Morgan fingerprint density at radius 1 is 1.35 bits per heavy atom. The van der Waals surface area contributed by atoms with Crippen LogP contribution in [0.3, 0.4) is 0 Å². The molecule has 26 heavy (non-hydrogen) atoms. The van der Waals surface area contributed by atoms with E-state index in [1.54, 1.807) is 13.8 Å². The van der Waals surface area contributed by atoms with Crippen molar-refractivity contribution in [3.8, 4) is 0 Å². The maximum Gasteiger partial charge on any atom is 0.277 e. The molecule has 2 aromatic heterocycles. The summed E-state index contributed by atoms with van der Waals surface area (Å²) in [5.74, 6) is -0.474. The number of hydrogen-bond acceptors (Lipinski definition) is 7. The second kappa shape index (κ2) is 6.89. The summed E-state index contributed by atoms with van der Waals surface area (Å²) in [6, 6.07) is 2.62. The number of carbonyl (C=O) groups is 1. The van der Waals surface area contributed by atoms with Crippen LogP contribution in [-0.4, -0.2) is 45.2 Å². The van der Waals surface area contributed by atoms with Gasteiger partial charge < -0.3 is 0 Å². The number of nitrogens with zero attached hydrogens (tertiary/aromatic N) is 4. The largest absolute Gasteiger partial charge is 0.296 e. The molecule has 0 bridgehead atoms. The summed E-state index contributed by atoms with van der Waals surface area (Å²) in [6.07, 6.45) is 0.506. The van der Waals surface area contributed by atoms with Crippen LogP contribution in [0, 0.1) is 0 Å². The molecule has 2 aromatic rings. The number of anilines is 1. The van der Waals surface area contributed by atoms with Crippen molar-refractivity contribution >= 4 is 32.4 Å². The van der Waals surface area contributed by atoms with E-state index in [4.69, 9.17) is 0 Å². The third-order valence-corrected chi connectivity index (χ3v) is 7.29. The number of aromatic nitrogens is 3. The Morgan fingerprint density at radius 3 is 2.73 bits per heavy atom. The first-order valence-corrected chi connectivity index (χ1v) is 10.3. The van der Waals surface area contributed by atoms with Gasteiger partial charge in [0, 0.05) is 37.5 Å². The number of fused-ring (bicyclic) bond motifs is 1. The van der Waals surface area contributed by atoms with Gasteiger partial charge in [0.05, 0.1) is 10.9 Å². The van der Waals surface area contributed by atoms with Gasteiger partial charge in [-0.3, -0.25) is 14.9 Å². The van der Waals surface area contributed by atoms with Crippen LogP contribution in [0.2, 0.25) is 0 Å². The van der Waals surface area contributed by atoms with Crippen molar-refractivity contribution < 1.29 is 13.2 Å². The minimum absolute atomic E-state index is 0.101. The van der Waals surface area contributed by atoms with Crippen molar-refractivity contribution in [2.75, 3.05) is 11.9 Å². The Kier molecular flexibility index (Phi) is 4.95. The fraction of sp³-hybridized carbons (Fsp3) is 0.467. The van der Waals surface area contributed by atoms with Crippen LogP contribution in [0.1, 0.15) is 34.9 Å². The van der Waals surface area contributed by atoms with Gasteiger partial charge in [-0.25, -0.2) is 18.1 Å². The molecule has 0 atom stereocenters. The van der Waals surface area contributed by atoms with E-state index in [2.05, 4.69) is 15.4 Å². The SMILES string of the molecule is CC(C)S(=O)(=O)N1CCc2nc(NC(=O)c3ccc(=O)n(C)n3)sc2C1. The summed E-state index contributed by atoms with van der Waals surface area (Å²) >= 11 is 1.25. The van der Waals surface area contributed by atoms with Gasteiger partial charge in [-0.1, -0.05) is 0 Å². The van der Waals surface area contributed by atoms with E-state index in [0.29, 0.717) is 18.1 Å². The lowest BCUT2D eigenvalue weighted by Crippen LogP contribution is -2.39. The summed E-state index contributed by atoms with van der Waals surface area (Å²) in [4.78, 5) is 28.8. The average Bonchev–Trinajstić information content (AvgIpc) is 2.98. The van der Waals surface area contributed by atoms with Crippen molar-refractivity contribution in [3.05, 3.63) is 38.8 Å². The molecule has 0 spiro atoms. The summed E-state index contributed by atoms with van der Waals surface area (Å²) in [5, 5.41) is 6.47. The van der Waals surface area contributed by atoms with Crippen LogP contribution in [0.4, 0.5) is 5.13 Å². The second-order valence-corrected chi connectivity index (χ2v) is 9.77. The molecule has 1 N–H and O–H groups in total. The number of hydrogen-bond donors (Lipinski definition) is 1. The molecule has 11 heteroatoms. The van der Waals surface area contributed by atoms with Crippen molar-refractivity contribution in [3.63, 3.8) is 0 Å². The number of rotatable bonds is 4. The number of sulfonamides is 1. The lowest BCUT2D eigenvalue weighted by Gasteiger charge is -2.26. The Labute approximate surface area is 154 Å². The van der Waals surface area contributed by atoms with E-state index >= 15 is 0 Å². The molecule has 1 aliphatic heterocycles. The van der Waals surface area contributed by atoms with Crippen LogP contribution >= 0.6 is 11.3 Å². The van der Waals surface area contributed by atoms with E-state index < -0.39 is 21.2 Å². The van der Waals surface area contributed by atoms with Crippen molar-refractivity contribution in [1.29, 1.82) is 0 Å². The Morgan fingerprint density at radius 2 is 2.08 bits per heavy atom. The molecule has 1 amide bonds. The molecule has 140 valence electrons. The number of nitrogens with one attached hydrogen (secondary N) is 1. The molecule has 0 unspecified atom stereocenters. The maximum absolute atomic E-state index is 12.3. The molecule has 1 aliphatic rings. The van der Waals surface area contributed by atoms with E-state index in [9.17, 15) is 18.0 Å². The zero-order valence-electron chi connectivity index (χ0n) is 14.6. The molecule has 0 aromatic carbocycles. The van der Waals surface area contributed by atoms with Gasteiger partial charge >= 0.3 is 0 Å². The summed E-state index contributed by atoms with van der Waals surface area (Å²) in [7, 11) is -1.86. The van der Waals surface area contributed by atoms with E-state index in [0.717, 1.165) is 15.3 Å². The summed E-state index contributed by atoms with van der Waals surface area (Å²) in [6.45, 7) is 3.96. The van der Waals surface area contributed by atoms with Gasteiger partial charge in [-0.15, -0.1) is 11.3 Å².